The van der Waals surface area contributed by atoms with Crippen LogP contribution in [0.5, 0.6) is 5.75 Å². The second-order valence-corrected chi connectivity index (χ2v) is 4.22. The first-order valence-corrected chi connectivity index (χ1v) is 5.92. The van der Waals surface area contributed by atoms with Gasteiger partial charge in [0, 0.05) is 25.2 Å². The highest BCUT2D eigenvalue weighted by Crippen LogP contribution is 2.18. The van der Waals surface area contributed by atoms with E-state index in [1.165, 1.54) is 19.2 Å². The lowest BCUT2D eigenvalue weighted by Crippen LogP contribution is -2.07. The fraction of sp³-hybridized carbons (Fsp3) is 0.200. The number of methoxy groups -OCH3 is 1. The maximum Gasteiger partial charge on any atom is 0.165 e. The number of ether oxygens (including phenoxy) is 1. The zero-order valence-corrected chi connectivity index (χ0v) is 10.6. The number of rotatable bonds is 5. The highest BCUT2D eigenvalue weighted by molar-refractivity contribution is 5.83. The van der Waals surface area contributed by atoms with E-state index in [0.29, 0.717) is 12.0 Å². The lowest BCUT2D eigenvalue weighted by Gasteiger charge is -2.05. The average Bonchev–Trinajstić information content (AvgIpc) is 2.40. The molecule has 0 unspecified atom stereocenters. The van der Waals surface area contributed by atoms with E-state index in [9.17, 15) is 9.18 Å². The standard InChI is InChI=1S/C15H14FNO2/c1-19-15-3-2-12(10-14(15)16)9-13(18)8-11-4-6-17-7-5-11/h2-7,10H,8-9H2,1H3. The van der Waals surface area contributed by atoms with E-state index >= 15 is 0 Å². The molecule has 1 aromatic heterocycles. The maximum atomic E-state index is 13.5. The fourth-order valence-corrected chi connectivity index (χ4v) is 1.84. The van der Waals surface area contributed by atoms with Crippen LogP contribution < -0.4 is 4.74 Å². The number of hydrogen-bond donors (Lipinski definition) is 0. The molecule has 0 fully saturated rings. The van der Waals surface area contributed by atoms with Crippen LogP contribution in [0.4, 0.5) is 4.39 Å². The molecule has 0 amide bonds. The molecule has 98 valence electrons. The first-order chi connectivity index (χ1) is 9.19. The lowest BCUT2D eigenvalue weighted by atomic mass is 10.0. The minimum atomic E-state index is -0.447. The van der Waals surface area contributed by atoms with Crippen molar-refractivity contribution >= 4 is 5.78 Å². The molecular weight excluding hydrogens is 245 g/mol. The molecule has 0 aliphatic carbocycles. The van der Waals surface area contributed by atoms with Gasteiger partial charge in [-0.05, 0) is 35.4 Å². The van der Waals surface area contributed by atoms with Crippen molar-refractivity contribution < 1.29 is 13.9 Å². The summed E-state index contributed by atoms with van der Waals surface area (Å²) in [5.41, 5.74) is 1.56. The van der Waals surface area contributed by atoms with Crippen LogP contribution in [0, 0.1) is 5.82 Å². The van der Waals surface area contributed by atoms with Gasteiger partial charge in [0.05, 0.1) is 7.11 Å². The van der Waals surface area contributed by atoms with Gasteiger partial charge >= 0.3 is 0 Å². The van der Waals surface area contributed by atoms with Crippen molar-refractivity contribution in [3.63, 3.8) is 0 Å². The van der Waals surface area contributed by atoms with Crippen LogP contribution in [-0.2, 0) is 17.6 Å². The summed E-state index contributed by atoms with van der Waals surface area (Å²) in [5.74, 6) is -0.224. The molecule has 19 heavy (non-hydrogen) atoms. The number of pyridine rings is 1. The Morgan fingerprint density at radius 1 is 1.16 bits per heavy atom. The summed E-state index contributed by atoms with van der Waals surface area (Å²) in [4.78, 5) is 15.8. The predicted molar refractivity (Wildman–Crippen MR) is 69.6 cm³/mol. The van der Waals surface area contributed by atoms with Gasteiger partial charge in [-0.2, -0.15) is 0 Å². The molecule has 0 radical (unpaired) electrons. The van der Waals surface area contributed by atoms with Crippen LogP contribution in [0.25, 0.3) is 0 Å². The number of ketones is 1. The second kappa shape index (κ2) is 6.09. The molecule has 0 aliphatic rings. The fourth-order valence-electron chi connectivity index (χ4n) is 1.84. The number of carbonyl (C=O) groups is 1. The summed E-state index contributed by atoms with van der Waals surface area (Å²) in [7, 11) is 1.41. The quantitative estimate of drug-likeness (QED) is 0.828. The third kappa shape index (κ3) is 3.61. The van der Waals surface area contributed by atoms with Gasteiger partial charge in [0.2, 0.25) is 0 Å². The normalized spacial score (nSPS) is 10.2. The van der Waals surface area contributed by atoms with Gasteiger partial charge in [0.1, 0.15) is 5.78 Å². The van der Waals surface area contributed by atoms with Crippen molar-refractivity contribution in [1.82, 2.24) is 4.98 Å². The Bertz CT molecular complexity index is 570. The van der Waals surface area contributed by atoms with Crippen LogP contribution in [0.3, 0.4) is 0 Å². The first kappa shape index (κ1) is 13.2. The van der Waals surface area contributed by atoms with E-state index in [1.807, 2.05) is 0 Å². The summed E-state index contributed by atoms with van der Waals surface area (Å²) in [5, 5.41) is 0. The van der Waals surface area contributed by atoms with Crippen LogP contribution in [0.15, 0.2) is 42.7 Å². The summed E-state index contributed by atoms with van der Waals surface area (Å²) < 4.78 is 18.3. The number of halogens is 1. The Morgan fingerprint density at radius 2 is 1.84 bits per heavy atom. The predicted octanol–water partition coefficient (Wildman–Crippen LogP) is 2.58. The molecule has 0 N–H and O–H groups in total. The largest absolute Gasteiger partial charge is 0.494 e. The molecule has 2 aromatic rings. The van der Waals surface area contributed by atoms with E-state index in [2.05, 4.69) is 4.98 Å². The number of hydrogen-bond acceptors (Lipinski definition) is 3. The number of aromatic nitrogens is 1. The lowest BCUT2D eigenvalue weighted by molar-refractivity contribution is -0.117. The van der Waals surface area contributed by atoms with E-state index in [1.54, 1.807) is 30.6 Å². The SMILES string of the molecule is COc1ccc(CC(=O)Cc2ccncc2)cc1F. The molecule has 0 bridgehead atoms. The van der Waals surface area contributed by atoms with E-state index in [0.717, 1.165) is 5.56 Å². The van der Waals surface area contributed by atoms with Crippen LogP contribution in [-0.4, -0.2) is 17.9 Å². The second-order valence-electron chi connectivity index (χ2n) is 4.22. The highest BCUT2D eigenvalue weighted by Gasteiger charge is 2.08. The van der Waals surface area contributed by atoms with Gasteiger partial charge in [0.15, 0.2) is 11.6 Å². The Hall–Kier alpha value is -2.23. The topological polar surface area (TPSA) is 39.2 Å². The zero-order chi connectivity index (χ0) is 13.7. The number of nitrogens with zero attached hydrogens (tertiary/aromatic N) is 1. The van der Waals surface area contributed by atoms with Crippen molar-refractivity contribution in [3.8, 4) is 5.75 Å². The molecular formula is C15H14FNO2. The van der Waals surface area contributed by atoms with Crippen LogP contribution >= 0.6 is 0 Å². The molecule has 1 heterocycles. The summed E-state index contributed by atoms with van der Waals surface area (Å²) in [6.07, 6.45) is 3.84. The molecule has 0 atom stereocenters. The smallest absolute Gasteiger partial charge is 0.165 e. The molecule has 4 heteroatoms. The Morgan fingerprint density at radius 3 is 2.47 bits per heavy atom. The number of carbonyl (C=O) groups excluding carboxylic acids is 1. The summed E-state index contributed by atoms with van der Waals surface area (Å²) in [6, 6.07) is 8.17. The van der Waals surface area contributed by atoms with Crippen molar-refractivity contribution in [2.24, 2.45) is 0 Å². The van der Waals surface area contributed by atoms with Crippen LogP contribution in [0.2, 0.25) is 0 Å². The van der Waals surface area contributed by atoms with Gasteiger partial charge in [-0.1, -0.05) is 6.07 Å². The zero-order valence-electron chi connectivity index (χ0n) is 10.6. The minimum Gasteiger partial charge on any atom is -0.494 e. The third-order valence-corrected chi connectivity index (χ3v) is 2.77. The van der Waals surface area contributed by atoms with Crippen LogP contribution in [0.1, 0.15) is 11.1 Å². The van der Waals surface area contributed by atoms with E-state index in [4.69, 9.17) is 4.74 Å². The molecule has 2 rings (SSSR count). The van der Waals surface area contributed by atoms with Gasteiger partial charge in [0.25, 0.3) is 0 Å². The highest BCUT2D eigenvalue weighted by atomic mass is 19.1. The van der Waals surface area contributed by atoms with E-state index < -0.39 is 5.82 Å². The first-order valence-electron chi connectivity index (χ1n) is 5.92. The summed E-state index contributed by atoms with van der Waals surface area (Å²) >= 11 is 0. The molecule has 0 spiro atoms. The van der Waals surface area contributed by atoms with Gasteiger partial charge in [-0.15, -0.1) is 0 Å². The number of benzene rings is 1. The number of Topliss-reactive ketones (excluding diaryl/α,β-unsaturated/α-hetero) is 1. The minimum absolute atomic E-state index is 0.0377. The van der Waals surface area contributed by atoms with Gasteiger partial charge in [-0.25, -0.2) is 4.39 Å². The van der Waals surface area contributed by atoms with Crippen molar-refractivity contribution in [1.29, 1.82) is 0 Å². The molecule has 0 saturated heterocycles. The Kier molecular flexibility index (Phi) is 4.23. The third-order valence-electron chi connectivity index (χ3n) is 2.77. The van der Waals surface area contributed by atoms with Crippen molar-refractivity contribution in [2.75, 3.05) is 7.11 Å². The molecule has 0 saturated carbocycles. The molecule has 3 nitrogen and oxygen atoms in total. The van der Waals surface area contributed by atoms with Gasteiger partial charge < -0.3 is 4.74 Å². The molecule has 0 aliphatic heterocycles. The van der Waals surface area contributed by atoms with Crippen molar-refractivity contribution in [3.05, 3.63) is 59.7 Å². The summed E-state index contributed by atoms with van der Waals surface area (Å²) in [6.45, 7) is 0. The van der Waals surface area contributed by atoms with Crippen molar-refractivity contribution in [2.45, 2.75) is 12.8 Å². The van der Waals surface area contributed by atoms with Gasteiger partial charge in [-0.3, -0.25) is 9.78 Å². The average molecular weight is 259 g/mol. The molecule has 1 aromatic carbocycles. The van der Waals surface area contributed by atoms with E-state index in [-0.39, 0.29) is 18.0 Å². The monoisotopic (exact) mass is 259 g/mol. The Balaban J connectivity index is 2.01. The Labute approximate surface area is 111 Å². The maximum absolute atomic E-state index is 13.5.